The van der Waals surface area contributed by atoms with Crippen LogP contribution in [0.15, 0.2) is 29.3 Å². The molecule has 6 heteroatoms. The number of aromatic nitrogens is 3. The highest BCUT2D eigenvalue weighted by atomic mass is 16.4. The molecule has 21 heavy (non-hydrogen) atoms. The third-order valence-corrected chi connectivity index (χ3v) is 3.67. The molecule has 0 saturated heterocycles. The van der Waals surface area contributed by atoms with Crippen molar-refractivity contribution in [3.05, 3.63) is 46.1 Å². The highest BCUT2D eigenvalue weighted by Gasteiger charge is 2.21. The molecule has 2 aromatic heterocycles. The number of aryl methyl sites for hydroxylation is 1. The largest absolute Gasteiger partial charge is 0.480 e. The Morgan fingerprint density at radius 1 is 1.24 bits per heavy atom. The molecule has 1 aliphatic rings. The maximum absolute atomic E-state index is 12.6. The number of carboxylic acids is 1. The Morgan fingerprint density at radius 3 is 2.67 bits per heavy atom. The lowest BCUT2D eigenvalue weighted by molar-refractivity contribution is -0.137. The molecular formula is C15H15N3O3. The molecule has 0 spiro atoms. The van der Waals surface area contributed by atoms with Crippen LogP contribution in [-0.2, 0) is 24.2 Å². The molecule has 0 unspecified atom stereocenters. The van der Waals surface area contributed by atoms with E-state index in [1.54, 1.807) is 24.5 Å². The summed E-state index contributed by atoms with van der Waals surface area (Å²) in [4.78, 5) is 32.2. The molecular weight excluding hydrogens is 270 g/mol. The zero-order valence-corrected chi connectivity index (χ0v) is 11.5. The number of pyridine rings is 1. The minimum atomic E-state index is -1.05. The second kappa shape index (κ2) is 5.47. The van der Waals surface area contributed by atoms with Gasteiger partial charge in [-0.2, -0.15) is 0 Å². The third kappa shape index (κ3) is 2.56. The first-order chi connectivity index (χ1) is 10.2. The van der Waals surface area contributed by atoms with Gasteiger partial charge in [0.25, 0.3) is 5.56 Å². The quantitative estimate of drug-likeness (QED) is 0.918. The van der Waals surface area contributed by atoms with Crippen LogP contribution in [0.1, 0.15) is 24.1 Å². The highest BCUT2D eigenvalue weighted by Crippen LogP contribution is 2.21. The van der Waals surface area contributed by atoms with Gasteiger partial charge in [0, 0.05) is 23.5 Å². The predicted molar refractivity (Wildman–Crippen MR) is 76.0 cm³/mol. The molecule has 6 nitrogen and oxygen atoms in total. The van der Waals surface area contributed by atoms with Gasteiger partial charge >= 0.3 is 5.97 Å². The van der Waals surface area contributed by atoms with Crippen LogP contribution in [0.2, 0.25) is 0 Å². The first-order valence-electron chi connectivity index (χ1n) is 6.91. The number of nitrogens with zero attached hydrogens (tertiary/aromatic N) is 3. The van der Waals surface area contributed by atoms with Gasteiger partial charge in [0.05, 0.1) is 5.69 Å². The molecule has 2 heterocycles. The van der Waals surface area contributed by atoms with Gasteiger partial charge < -0.3 is 5.11 Å². The summed E-state index contributed by atoms with van der Waals surface area (Å²) in [5.74, 6) is -0.643. The molecule has 0 saturated carbocycles. The minimum Gasteiger partial charge on any atom is -0.480 e. The topological polar surface area (TPSA) is 85.1 Å². The van der Waals surface area contributed by atoms with Gasteiger partial charge in [-0.25, -0.2) is 4.98 Å². The molecule has 0 amide bonds. The van der Waals surface area contributed by atoms with E-state index < -0.39 is 5.97 Å². The van der Waals surface area contributed by atoms with Gasteiger partial charge in [0.15, 0.2) is 0 Å². The average Bonchev–Trinajstić information content (AvgIpc) is 2.50. The molecule has 0 bridgehead atoms. The van der Waals surface area contributed by atoms with Crippen LogP contribution in [0.3, 0.4) is 0 Å². The van der Waals surface area contributed by atoms with Crippen molar-refractivity contribution in [2.45, 2.75) is 32.2 Å². The molecule has 3 rings (SSSR count). The number of carbonyl (C=O) groups is 1. The fourth-order valence-electron chi connectivity index (χ4n) is 2.69. The van der Waals surface area contributed by atoms with Crippen molar-refractivity contribution >= 4 is 5.97 Å². The van der Waals surface area contributed by atoms with E-state index in [4.69, 9.17) is 5.11 Å². The van der Waals surface area contributed by atoms with Crippen LogP contribution in [0, 0.1) is 0 Å². The Labute approximate surface area is 121 Å². The standard InChI is InChI=1S/C15H15N3O3/c19-13(20)9-18-14(10-5-7-16-8-6-10)17-12-4-2-1-3-11(12)15(18)21/h5-8H,1-4,9H2,(H,19,20). The Kier molecular flexibility index (Phi) is 3.51. The Balaban J connectivity index is 2.24. The van der Waals surface area contributed by atoms with E-state index in [-0.39, 0.29) is 12.1 Å². The number of carboxylic acid groups (broad SMARTS) is 1. The second-order valence-corrected chi connectivity index (χ2v) is 5.09. The second-order valence-electron chi connectivity index (χ2n) is 5.09. The summed E-state index contributed by atoms with van der Waals surface area (Å²) in [5, 5.41) is 9.07. The summed E-state index contributed by atoms with van der Waals surface area (Å²) < 4.78 is 1.25. The molecule has 2 aromatic rings. The predicted octanol–water partition coefficient (Wildman–Crippen LogP) is 1.27. The number of hydrogen-bond acceptors (Lipinski definition) is 4. The fraction of sp³-hybridized carbons (Fsp3) is 0.333. The van der Waals surface area contributed by atoms with Gasteiger partial charge in [0.1, 0.15) is 12.4 Å². The van der Waals surface area contributed by atoms with E-state index >= 15 is 0 Å². The van der Waals surface area contributed by atoms with Gasteiger partial charge in [-0.15, -0.1) is 0 Å². The van der Waals surface area contributed by atoms with E-state index in [2.05, 4.69) is 9.97 Å². The lowest BCUT2D eigenvalue weighted by Crippen LogP contribution is -2.32. The molecule has 1 N–H and O–H groups in total. The fourth-order valence-corrected chi connectivity index (χ4v) is 2.69. The molecule has 0 aromatic carbocycles. The molecule has 108 valence electrons. The van der Waals surface area contributed by atoms with Gasteiger partial charge in [0.2, 0.25) is 0 Å². The SMILES string of the molecule is O=C(O)Cn1c(-c2ccncc2)nc2c(c1=O)CCCC2. The van der Waals surface area contributed by atoms with Crippen LogP contribution in [0.4, 0.5) is 0 Å². The van der Waals surface area contributed by atoms with E-state index in [1.807, 2.05) is 0 Å². The van der Waals surface area contributed by atoms with Crippen LogP contribution < -0.4 is 5.56 Å². The van der Waals surface area contributed by atoms with Crippen molar-refractivity contribution in [2.75, 3.05) is 0 Å². The summed E-state index contributed by atoms with van der Waals surface area (Å²) in [7, 11) is 0. The first kappa shape index (κ1) is 13.5. The highest BCUT2D eigenvalue weighted by molar-refractivity contribution is 5.68. The monoisotopic (exact) mass is 285 g/mol. The maximum atomic E-state index is 12.6. The lowest BCUT2D eigenvalue weighted by atomic mass is 9.97. The van der Waals surface area contributed by atoms with Crippen molar-refractivity contribution < 1.29 is 9.90 Å². The summed E-state index contributed by atoms with van der Waals surface area (Å²) in [6.45, 7) is -0.378. The van der Waals surface area contributed by atoms with Gasteiger partial charge in [-0.05, 0) is 37.8 Å². The number of fused-ring (bicyclic) bond motifs is 1. The maximum Gasteiger partial charge on any atom is 0.323 e. The first-order valence-corrected chi connectivity index (χ1v) is 6.91. The summed E-state index contributed by atoms with van der Waals surface area (Å²) in [6, 6.07) is 3.46. The smallest absolute Gasteiger partial charge is 0.323 e. The third-order valence-electron chi connectivity index (χ3n) is 3.67. The van der Waals surface area contributed by atoms with Crippen molar-refractivity contribution in [3.63, 3.8) is 0 Å². The Hall–Kier alpha value is -2.50. The molecule has 0 aliphatic heterocycles. The zero-order chi connectivity index (χ0) is 14.8. The summed E-state index contributed by atoms with van der Waals surface area (Å²) in [5.41, 5.74) is 1.95. The normalized spacial score (nSPS) is 13.7. The van der Waals surface area contributed by atoms with E-state index in [9.17, 15) is 9.59 Å². The van der Waals surface area contributed by atoms with Crippen molar-refractivity contribution in [3.8, 4) is 11.4 Å². The molecule has 1 aliphatic carbocycles. The van der Waals surface area contributed by atoms with Gasteiger partial charge in [-0.1, -0.05) is 0 Å². The van der Waals surface area contributed by atoms with Crippen LogP contribution in [-0.4, -0.2) is 25.6 Å². The Morgan fingerprint density at radius 2 is 1.95 bits per heavy atom. The number of hydrogen-bond donors (Lipinski definition) is 1. The molecule has 0 radical (unpaired) electrons. The average molecular weight is 285 g/mol. The lowest BCUT2D eigenvalue weighted by Gasteiger charge is -2.19. The molecule has 0 fully saturated rings. The number of aliphatic carboxylic acids is 1. The summed E-state index contributed by atoms with van der Waals surface area (Å²) >= 11 is 0. The van der Waals surface area contributed by atoms with E-state index in [0.29, 0.717) is 23.4 Å². The van der Waals surface area contributed by atoms with Crippen molar-refractivity contribution in [1.29, 1.82) is 0 Å². The van der Waals surface area contributed by atoms with Crippen molar-refractivity contribution in [1.82, 2.24) is 14.5 Å². The minimum absolute atomic E-state index is 0.228. The van der Waals surface area contributed by atoms with Crippen LogP contribution in [0.25, 0.3) is 11.4 Å². The summed E-state index contributed by atoms with van der Waals surface area (Å²) in [6.07, 6.45) is 6.62. The molecule has 0 atom stereocenters. The zero-order valence-electron chi connectivity index (χ0n) is 11.5. The van der Waals surface area contributed by atoms with E-state index in [0.717, 1.165) is 25.0 Å². The van der Waals surface area contributed by atoms with Crippen molar-refractivity contribution in [2.24, 2.45) is 0 Å². The Bertz CT molecular complexity index is 738. The van der Waals surface area contributed by atoms with Crippen LogP contribution in [0.5, 0.6) is 0 Å². The number of rotatable bonds is 3. The van der Waals surface area contributed by atoms with Crippen LogP contribution >= 0.6 is 0 Å². The van der Waals surface area contributed by atoms with E-state index in [1.165, 1.54) is 4.57 Å². The van der Waals surface area contributed by atoms with Gasteiger partial charge in [-0.3, -0.25) is 19.1 Å².